The van der Waals surface area contributed by atoms with Crippen LogP contribution in [0.4, 0.5) is 4.79 Å². The molecule has 17 nitrogen and oxygen atoms in total. The van der Waals surface area contributed by atoms with Gasteiger partial charge in [-0.05, 0) is 64.0 Å². The first kappa shape index (κ1) is 57.8. The van der Waals surface area contributed by atoms with Gasteiger partial charge < -0.3 is 49.4 Å². The predicted octanol–water partition coefficient (Wildman–Crippen LogP) is 4.70. The number of carboxylic acids is 1. The maximum Gasteiger partial charge on any atom is 0.410 e. The Morgan fingerprint density at radius 2 is 1.48 bits per heavy atom. The van der Waals surface area contributed by atoms with Crippen molar-refractivity contribution >= 4 is 35.7 Å². The van der Waals surface area contributed by atoms with Gasteiger partial charge in [0.05, 0.1) is 55.9 Å². The van der Waals surface area contributed by atoms with Gasteiger partial charge in [0.25, 0.3) is 0 Å². The molecule has 5 amide bonds. The molecule has 66 heavy (non-hydrogen) atoms. The average Bonchev–Trinajstić information content (AvgIpc) is 3.73. The number of hydrogen-bond acceptors (Lipinski definition) is 11. The molecular formula is C49H84N6O11. The van der Waals surface area contributed by atoms with Gasteiger partial charge in [-0.25, -0.2) is 9.59 Å². The van der Waals surface area contributed by atoms with Crippen molar-refractivity contribution in [3.05, 3.63) is 35.9 Å². The van der Waals surface area contributed by atoms with Crippen LogP contribution in [0.2, 0.25) is 0 Å². The molecule has 1 aromatic rings. The summed E-state index contributed by atoms with van der Waals surface area (Å²) in [6.07, 6.45) is 0.162. The molecule has 1 saturated heterocycles. The molecule has 0 bridgehead atoms. The molecule has 1 fully saturated rings. The monoisotopic (exact) mass is 933 g/mol. The highest BCUT2D eigenvalue weighted by molar-refractivity contribution is 5.90. The smallest absolute Gasteiger partial charge is 0.410 e. The summed E-state index contributed by atoms with van der Waals surface area (Å²) in [5.74, 6) is -3.69. The summed E-state index contributed by atoms with van der Waals surface area (Å²) < 4.78 is 23.2. The molecule has 0 spiro atoms. The fraction of sp³-hybridized carbons (Fsp3) is 0.755. The molecule has 376 valence electrons. The SMILES string of the molecule is CC[C@H](C)[C@@H]([C@@H](CC(=O)N1CCC[C@H]1[C@H](OC)[C@@H](C)C(=O)N[C@@H](Cc1ccccc1)C(=O)O)OC)N(C)C(=O)[C@@H](NC(=O)[C@H](C(C)C)N(C)CCOCCN(C)C(=O)OC(C)(C)C)C(C)C. The van der Waals surface area contributed by atoms with Crippen molar-refractivity contribution in [2.24, 2.45) is 23.7 Å². The second-order valence-corrected chi connectivity index (χ2v) is 19.6. The fourth-order valence-corrected chi connectivity index (χ4v) is 8.72. The van der Waals surface area contributed by atoms with Crippen LogP contribution >= 0.6 is 0 Å². The minimum Gasteiger partial charge on any atom is -0.480 e. The molecule has 3 N–H and O–H groups in total. The number of ether oxygens (including phenoxy) is 4. The summed E-state index contributed by atoms with van der Waals surface area (Å²) in [7, 11) is 8.21. The molecule has 9 atom stereocenters. The average molecular weight is 933 g/mol. The van der Waals surface area contributed by atoms with Crippen molar-refractivity contribution in [2.75, 3.05) is 68.2 Å². The number of amides is 5. The zero-order chi connectivity index (χ0) is 50.1. The number of hydrogen-bond donors (Lipinski definition) is 3. The van der Waals surface area contributed by atoms with Gasteiger partial charge in [0, 0.05) is 54.4 Å². The summed E-state index contributed by atoms with van der Waals surface area (Å²) in [4.78, 5) is 87.7. The summed E-state index contributed by atoms with van der Waals surface area (Å²) in [6.45, 7) is 20.6. The number of aliphatic carboxylic acids is 1. The van der Waals surface area contributed by atoms with Crippen molar-refractivity contribution in [1.82, 2.24) is 30.2 Å². The lowest BCUT2D eigenvalue weighted by molar-refractivity contribution is -0.148. The Labute approximate surface area is 394 Å². The molecule has 0 radical (unpaired) electrons. The molecule has 0 aromatic heterocycles. The maximum absolute atomic E-state index is 14.6. The van der Waals surface area contributed by atoms with E-state index in [-0.39, 0.29) is 48.3 Å². The van der Waals surface area contributed by atoms with E-state index in [0.717, 1.165) is 5.56 Å². The van der Waals surface area contributed by atoms with Gasteiger partial charge in [-0.15, -0.1) is 0 Å². The lowest BCUT2D eigenvalue weighted by atomic mass is 9.89. The number of likely N-dealkylation sites (N-methyl/N-ethyl adjacent to an activating group) is 3. The quantitative estimate of drug-likeness (QED) is 0.103. The van der Waals surface area contributed by atoms with Crippen LogP contribution in [-0.2, 0) is 49.3 Å². The van der Waals surface area contributed by atoms with E-state index in [9.17, 15) is 33.9 Å². The van der Waals surface area contributed by atoms with Gasteiger partial charge in [-0.1, -0.05) is 85.2 Å². The third-order valence-electron chi connectivity index (χ3n) is 12.6. The molecule has 1 aromatic carbocycles. The molecule has 17 heteroatoms. The highest BCUT2D eigenvalue weighted by atomic mass is 16.6. The Balaban J connectivity index is 2.19. The van der Waals surface area contributed by atoms with Crippen LogP contribution in [0.1, 0.15) is 100 Å². The summed E-state index contributed by atoms with van der Waals surface area (Å²) in [5, 5.41) is 15.7. The Morgan fingerprint density at radius 1 is 0.864 bits per heavy atom. The third-order valence-corrected chi connectivity index (χ3v) is 12.6. The largest absolute Gasteiger partial charge is 0.480 e. The van der Waals surface area contributed by atoms with E-state index in [0.29, 0.717) is 52.1 Å². The number of nitrogens with zero attached hydrogens (tertiary/aromatic N) is 4. The first-order chi connectivity index (χ1) is 30.9. The maximum atomic E-state index is 14.6. The van der Waals surface area contributed by atoms with Crippen molar-refractivity contribution in [3.8, 4) is 0 Å². The lowest BCUT2D eigenvalue weighted by Crippen LogP contribution is -2.60. The number of methoxy groups -OCH3 is 2. The molecule has 0 aliphatic carbocycles. The molecule has 0 saturated carbocycles. The van der Waals surface area contributed by atoms with E-state index in [1.54, 1.807) is 30.8 Å². The Morgan fingerprint density at radius 3 is 2.02 bits per heavy atom. The highest BCUT2D eigenvalue weighted by Gasteiger charge is 2.43. The van der Waals surface area contributed by atoms with Crippen molar-refractivity contribution in [3.63, 3.8) is 0 Å². The molecule has 1 heterocycles. The number of nitrogens with one attached hydrogen (secondary N) is 2. The normalized spacial score (nSPS) is 17.9. The van der Waals surface area contributed by atoms with E-state index in [4.69, 9.17) is 18.9 Å². The Bertz CT molecular complexity index is 1690. The van der Waals surface area contributed by atoms with Gasteiger partial charge in [0.2, 0.25) is 23.6 Å². The minimum atomic E-state index is -1.15. The van der Waals surface area contributed by atoms with Crippen molar-refractivity contribution in [2.45, 2.75) is 149 Å². The third kappa shape index (κ3) is 17.4. The van der Waals surface area contributed by atoms with Crippen LogP contribution in [0.25, 0.3) is 0 Å². The number of carbonyl (C=O) groups excluding carboxylic acids is 5. The summed E-state index contributed by atoms with van der Waals surface area (Å²) in [5.41, 5.74) is 0.174. The second-order valence-electron chi connectivity index (χ2n) is 19.6. The van der Waals surface area contributed by atoms with Gasteiger partial charge in [-0.2, -0.15) is 0 Å². The topological polar surface area (TPSA) is 197 Å². The molecule has 1 aliphatic heterocycles. The minimum absolute atomic E-state index is 0.0485. The van der Waals surface area contributed by atoms with Crippen LogP contribution in [0.3, 0.4) is 0 Å². The van der Waals surface area contributed by atoms with Crippen molar-refractivity contribution < 1.29 is 52.8 Å². The highest BCUT2D eigenvalue weighted by Crippen LogP contribution is 2.30. The number of likely N-dealkylation sites (tertiary alicyclic amines) is 1. The van der Waals surface area contributed by atoms with E-state index >= 15 is 0 Å². The molecule has 0 unspecified atom stereocenters. The van der Waals surface area contributed by atoms with Gasteiger partial charge >= 0.3 is 12.1 Å². The van der Waals surface area contributed by atoms with Gasteiger partial charge in [-0.3, -0.25) is 24.1 Å². The van der Waals surface area contributed by atoms with Gasteiger partial charge in [0.1, 0.15) is 17.7 Å². The summed E-state index contributed by atoms with van der Waals surface area (Å²) >= 11 is 0. The van der Waals surface area contributed by atoms with E-state index < -0.39 is 71.9 Å². The van der Waals surface area contributed by atoms with Crippen molar-refractivity contribution in [1.29, 1.82) is 0 Å². The number of benzene rings is 1. The second kappa shape index (κ2) is 27.5. The van der Waals surface area contributed by atoms with Crippen LogP contribution in [0.15, 0.2) is 30.3 Å². The van der Waals surface area contributed by atoms with Crippen LogP contribution in [0, 0.1) is 23.7 Å². The summed E-state index contributed by atoms with van der Waals surface area (Å²) in [6, 6.07) is 5.49. The van der Waals surface area contributed by atoms with E-state index in [1.807, 2.05) is 105 Å². The molecule has 2 rings (SSSR count). The van der Waals surface area contributed by atoms with Crippen LogP contribution < -0.4 is 10.6 Å². The van der Waals surface area contributed by atoms with E-state index in [1.165, 1.54) is 19.1 Å². The molecular weight excluding hydrogens is 849 g/mol. The number of carboxylic acid groups (broad SMARTS) is 1. The van der Waals surface area contributed by atoms with Gasteiger partial charge in [0.15, 0.2) is 0 Å². The molecule has 1 aliphatic rings. The zero-order valence-electron chi connectivity index (χ0n) is 42.6. The lowest BCUT2D eigenvalue weighted by Gasteiger charge is -2.41. The number of rotatable bonds is 27. The standard InChI is InChI=1S/C49H84N6O11/c1-16-33(6)42(54(13)46(59)40(31(2)3)51-45(58)41(32(4)5)52(11)25-27-65-28-26-53(12)48(62)66-49(8,9)10)38(63-14)30-39(56)55-24-20-23-37(55)43(64-15)34(7)44(57)50-36(47(60)61)29-35-21-18-17-19-22-35/h17-19,21-22,31-34,36-38,40-43H,16,20,23-30H2,1-15H3,(H,50,57)(H,51,58)(H,60,61)/t33-,34+,36-,37-,38+,40-,41-,42-,43+/m0/s1. The van der Waals surface area contributed by atoms with Crippen LogP contribution in [0.5, 0.6) is 0 Å². The number of carbonyl (C=O) groups is 6. The van der Waals surface area contributed by atoms with E-state index in [2.05, 4.69) is 10.6 Å². The van der Waals surface area contributed by atoms with Crippen LogP contribution in [-0.4, -0.2) is 177 Å². The first-order valence-electron chi connectivity index (χ1n) is 23.6. The first-order valence-corrected chi connectivity index (χ1v) is 23.6. The fourth-order valence-electron chi connectivity index (χ4n) is 8.72. The Kier molecular flexibility index (Phi) is 24.1. The predicted molar refractivity (Wildman–Crippen MR) is 254 cm³/mol. The zero-order valence-corrected chi connectivity index (χ0v) is 42.6. The Hall–Kier alpha value is -4.32.